The summed E-state index contributed by atoms with van der Waals surface area (Å²) in [6, 6.07) is 6.59. The van der Waals surface area contributed by atoms with Crippen molar-refractivity contribution in [3.8, 4) is 0 Å². The molecule has 1 aromatic rings. The van der Waals surface area contributed by atoms with Crippen LogP contribution in [0.3, 0.4) is 0 Å². The molecular formula is C22H31N3O2. The van der Waals surface area contributed by atoms with E-state index in [-0.39, 0.29) is 11.9 Å². The van der Waals surface area contributed by atoms with Gasteiger partial charge in [0.25, 0.3) is 5.91 Å². The van der Waals surface area contributed by atoms with Crippen LogP contribution < -0.4 is 5.32 Å². The SMILES string of the molecule is O=C(NC1CCCCC1)N1CCN(C(=O)c2ccc3c(c2)CCCC3)CC1. The number of carbonyl (C=O) groups excluding carboxylic acids is 2. The zero-order valence-electron chi connectivity index (χ0n) is 16.2. The highest BCUT2D eigenvalue weighted by molar-refractivity contribution is 5.94. The summed E-state index contributed by atoms with van der Waals surface area (Å²) >= 11 is 0. The average molecular weight is 370 g/mol. The minimum absolute atomic E-state index is 0.0442. The maximum Gasteiger partial charge on any atom is 0.317 e. The van der Waals surface area contributed by atoms with Gasteiger partial charge in [0, 0.05) is 37.8 Å². The molecule has 5 nitrogen and oxygen atoms in total. The van der Waals surface area contributed by atoms with Crippen molar-refractivity contribution < 1.29 is 9.59 Å². The van der Waals surface area contributed by atoms with E-state index in [2.05, 4.69) is 17.4 Å². The first-order valence-electron chi connectivity index (χ1n) is 10.7. The summed E-state index contributed by atoms with van der Waals surface area (Å²) < 4.78 is 0. The topological polar surface area (TPSA) is 52.7 Å². The molecule has 0 radical (unpaired) electrons. The van der Waals surface area contributed by atoms with Crippen LogP contribution in [0, 0.1) is 0 Å². The largest absolute Gasteiger partial charge is 0.335 e. The monoisotopic (exact) mass is 369 g/mol. The van der Waals surface area contributed by atoms with Crippen molar-refractivity contribution in [2.24, 2.45) is 0 Å². The second-order valence-electron chi connectivity index (χ2n) is 8.25. The highest BCUT2D eigenvalue weighted by Crippen LogP contribution is 2.23. The van der Waals surface area contributed by atoms with Gasteiger partial charge in [0.05, 0.1) is 0 Å². The van der Waals surface area contributed by atoms with Gasteiger partial charge >= 0.3 is 6.03 Å². The first-order valence-corrected chi connectivity index (χ1v) is 10.7. The van der Waals surface area contributed by atoms with Gasteiger partial charge in [-0.25, -0.2) is 4.79 Å². The molecule has 0 aromatic heterocycles. The second kappa shape index (κ2) is 8.32. The Morgan fingerprint density at radius 3 is 2.22 bits per heavy atom. The fraction of sp³-hybridized carbons (Fsp3) is 0.636. The molecule has 2 fully saturated rings. The fourth-order valence-electron chi connectivity index (χ4n) is 4.67. The molecule has 1 aromatic carbocycles. The summed E-state index contributed by atoms with van der Waals surface area (Å²) in [5, 5.41) is 3.18. The highest BCUT2D eigenvalue weighted by atomic mass is 16.2. The lowest BCUT2D eigenvalue weighted by Crippen LogP contribution is -2.54. The number of hydrogen-bond donors (Lipinski definition) is 1. The smallest absolute Gasteiger partial charge is 0.317 e. The maximum absolute atomic E-state index is 12.9. The van der Waals surface area contributed by atoms with Gasteiger partial charge < -0.3 is 15.1 Å². The van der Waals surface area contributed by atoms with Crippen LogP contribution in [0.2, 0.25) is 0 Å². The van der Waals surface area contributed by atoms with Crippen molar-refractivity contribution in [1.29, 1.82) is 0 Å². The highest BCUT2D eigenvalue weighted by Gasteiger charge is 2.27. The van der Waals surface area contributed by atoms with E-state index in [0.29, 0.717) is 32.2 Å². The zero-order chi connectivity index (χ0) is 18.6. The summed E-state index contributed by atoms with van der Waals surface area (Å²) in [5.41, 5.74) is 3.55. The van der Waals surface area contributed by atoms with Gasteiger partial charge in [-0.2, -0.15) is 0 Å². The lowest BCUT2D eigenvalue weighted by Gasteiger charge is -2.36. The van der Waals surface area contributed by atoms with Gasteiger partial charge in [-0.3, -0.25) is 4.79 Å². The van der Waals surface area contributed by atoms with Crippen molar-refractivity contribution in [1.82, 2.24) is 15.1 Å². The van der Waals surface area contributed by atoms with Crippen LogP contribution in [0.5, 0.6) is 0 Å². The Hall–Kier alpha value is -2.04. The Morgan fingerprint density at radius 1 is 0.815 bits per heavy atom. The van der Waals surface area contributed by atoms with Crippen LogP contribution in [-0.2, 0) is 12.8 Å². The number of piperazine rings is 1. The average Bonchev–Trinajstić information content (AvgIpc) is 2.73. The molecular weight excluding hydrogens is 338 g/mol. The number of nitrogens with zero attached hydrogens (tertiary/aromatic N) is 2. The van der Waals surface area contributed by atoms with Crippen LogP contribution in [-0.4, -0.2) is 54.0 Å². The van der Waals surface area contributed by atoms with E-state index in [4.69, 9.17) is 0 Å². The van der Waals surface area contributed by atoms with Crippen LogP contribution in [0.25, 0.3) is 0 Å². The molecule has 5 heteroatoms. The van der Waals surface area contributed by atoms with Crippen LogP contribution in [0.15, 0.2) is 18.2 Å². The summed E-state index contributed by atoms with van der Waals surface area (Å²) in [6.07, 6.45) is 10.6. The third-order valence-electron chi connectivity index (χ3n) is 6.38. The molecule has 3 amide bonds. The van der Waals surface area contributed by atoms with Gasteiger partial charge in [0.2, 0.25) is 0 Å². The summed E-state index contributed by atoms with van der Waals surface area (Å²) in [5.74, 6) is 0.107. The van der Waals surface area contributed by atoms with Crippen molar-refractivity contribution in [3.63, 3.8) is 0 Å². The Balaban J connectivity index is 1.30. The molecule has 27 heavy (non-hydrogen) atoms. The number of benzene rings is 1. The predicted molar refractivity (Wildman–Crippen MR) is 106 cm³/mol. The van der Waals surface area contributed by atoms with Crippen LogP contribution in [0.1, 0.15) is 66.4 Å². The molecule has 1 saturated carbocycles. The molecule has 0 unspecified atom stereocenters. The first-order chi connectivity index (χ1) is 13.2. The Labute approximate surface area is 162 Å². The molecule has 146 valence electrons. The van der Waals surface area contributed by atoms with E-state index in [1.165, 1.54) is 43.2 Å². The molecule has 0 bridgehead atoms. The van der Waals surface area contributed by atoms with Crippen molar-refractivity contribution in [3.05, 3.63) is 34.9 Å². The van der Waals surface area contributed by atoms with Crippen LogP contribution >= 0.6 is 0 Å². The standard InChI is InChI=1S/C22H31N3O2/c26-21(19-11-10-17-6-4-5-7-18(17)16-19)24-12-14-25(15-13-24)22(27)23-20-8-2-1-3-9-20/h10-11,16,20H,1-9,12-15H2,(H,23,27). The molecule has 4 rings (SSSR count). The van der Waals surface area contributed by atoms with E-state index >= 15 is 0 Å². The zero-order valence-corrected chi connectivity index (χ0v) is 16.2. The van der Waals surface area contributed by atoms with Gasteiger partial charge in [-0.05, 0) is 61.8 Å². The van der Waals surface area contributed by atoms with E-state index in [0.717, 1.165) is 31.2 Å². The van der Waals surface area contributed by atoms with E-state index in [1.807, 2.05) is 15.9 Å². The van der Waals surface area contributed by atoms with Crippen molar-refractivity contribution in [2.45, 2.75) is 63.8 Å². The molecule has 0 atom stereocenters. The van der Waals surface area contributed by atoms with E-state index in [1.54, 1.807) is 0 Å². The molecule has 0 spiro atoms. The van der Waals surface area contributed by atoms with Crippen molar-refractivity contribution in [2.75, 3.05) is 26.2 Å². The third kappa shape index (κ3) is 4.28. The lowest BCUT2D eigenvalue weighted by molar-refractivity contribution is 0.0662. The van der Waals surface area contributed by atoms with Gasteiger partial charge in [0.15, 0.2) is 0 Å². The Kier molecular flexibility index (Phi) is 5.65. The fourth-order valence-corrected chi connectivity index (χ4v) is 4.67. The van der Waals surface area contributed by atoms with Crippen molar-refractivity contribution >= 4 is 11.9 Å². The maximum atomic E-state index is 12.9. The quantitative estimate of drug-likeness (QED) is 0.869. The molecule has 1 heterocycles. The summed E-state index contributed by atoms with van der Waals surface area (Å²) in [4.78, 5) is 29.1. The first kappa shape index (κ1) is 18.3. The number of carbonyl (C=O) groups is 2. The summed E-state index contributed by atoms with van der Waals surface area (Å²) in [6.45, 7) is 2.48. The number of fused-ring (bicyclic) bond motifs is 1. The summed E-state index contributed by atoms with van der Waals surface area (Å²) in [7, 11) is 0. The van der Waals surface area contributed by atoms with Crippen LogP contribution in [0.4, 0.5) is 4.79 Å². The van der Waals surface area contributed by atoms with Gasteiger partial charge in [-0.15, -0.1) is 0 Å². The number of aryl methyl sites for hydroxylation is 2. The van der Waals surface area contributed by atoms with Gasteiger partial charge in [0.1, 0.15) is 0 Å². The lowest BCUT2D eigenvalue weighted by atomic mass is 9.90. The normalized spacial score (nSPS) is 20.9. The number of nitrogens with one attached hydrogen (secondary N) is 1. The molecule has 1 saturated heterocycles. The molecule has 1 aliphatic heterocycles. The number of amides is 3. The molecule has 3 aliphatic rings. The molecule has 2 aliphatic carbocycles. The van der Waals surface area contributed by atoms with Gasteiger partial charge in [-0.1, -0.05) is 25.3 Å². The number of hydrogen-bond acceptors (Lipinski definition) is 2. The van der Waals surface area contributed by atoms with E-state index in [9.17, 15) is 9.59 Å². The number of urea groups is 1. The Bertz CT molecular complexity index is 689. The van der Waals surface area contributed by atoms with E-state index < -0.39 is 0 Å². The number of rotatable bonds is 2. The third-order valence-corrected chi connectivity index (χ3v) is 6.38. The minimum Gasteiger partial charge on any atom is -0.335 e. The minimum atomic E-state index is 0.0442. The predicted octanol–water partition coefficient (Wildman–Crippen LogP) is 3.37. The second-order valence-corrected chi connectivity index (χ2v) is 8.25. The molecule has 1 N–H and O–H groups in total. The Morgan fingerprint density at radius 2 is 1.48 bits per heavy atom.